The molecule has 0 saturated carbocycles. The van der Waals surface area contributed by atoms with Gasteiger partial charge in [0.25, 0.3) is 0 Å². The summed E-state index contributed by atoms with van der Waals surface area (Å²) in [4.78, 5) is 11.3. The van der Waals surface area contributed by atoms with E-state index >= 15 is 0 Å². The molecule has 0 aliphatic rings. The Kier molecular flexibility index (Phi) is 5.59. The van der Waals surface area contributed by atoms with E-state index in [1.807, 2.05) is 6.07 Å². The summed E-state index contributed by atoms with van der Waals surface area (Å²) in [6, 6.07) is 13.7. The lowest BCUT2D eigenvalue weighted by Crippen LogP contribution is -2.05. The zero-order valence-electron chi connectivity index (χ0n) is 13.1. The minimum absolute atomic E-state index is 0.224. The molecule has 0 spiro atoms. The second-order valence-electron chi connectivity index (χ2n) is 5.32. The lowest BCUT2D eigenvalue weighted by Gasteiger charge is -2.13. The predicted molar refractivity (Wildman–Crippen MR) is 87.8 cm³/mol. The van der Waals surface area contributed by atoms with Gasteiger partial charge in [-0.25, -0.2) is 4.79 Å². The van der Waals surface area contributed by atoms with Crippen molar-refractivity contribution >= 4 is 5.97 Å². The molecule has 2 aromatic carbocycles. The summed E-state index contributed by atoms with van der Waals surface area (Å²) < 4.78 is 5.32. The van der Waals surface area contributed by atoms with Crippen molar-refractivity contribution < 1.29 is 14.6 Å². The third-order valence-corrected chi connectivity index (χ3v) is 3.83. The summed E-state index contributed by atoms with van der Waals surface area (Å²) >= 11 is 0. The number of carbonyl (C=O) groups is 1. The number of hydrogen-bond acceptors (Lipinski definition) is 2. The first-order valence-electron chi connectivity index (χ1n) is 7.63. The summed E-state index contributed by atoms with van der Waals surface area (Å²) in [5.74, 6) is -0.479. The maximum absolute atomic E-state index is 11.3. The smallest absolute Gasteiger partial charge is 0.339 e. The standard InChI is InChI=1S/C19H22O3/c1-3-7-14-8-4-5-9-15(14)12-13-16-10-6-11-17(19(20)21)18(16)22-2/h4-6,8-11H,3,7,12-13H2,1-2H3,(H,20,21). The fourth-order valence-corrected chi connectivity index (χ4v) is 2.78. The van der Waals surface area contributed by atoms with Crippen molar-refractivity contribution in [3.8, 4) is 5.75 Å². The second-order valence-corrected chi connectivity index (χ2v) is 5.32. The number of aromatic carboxylic acids is 1. The van der Waals surface area contributed by atoms with Crippen molar-refractivity contribution in [1.82, 2.24) is 0 Å². The van der Waals surface area contributed by atoms with E-state index in [0.717, 1.165) is 31.2 Å². The first kappa shape index (κ1) is 16.1. The summed E-state index contributed by atoms with van der Waals surface area (Å²) in [6.45, 7) is 2.18. The number of carboxylic acid groups (broad SMARTS) is 1. The van der Waals surface area contributed by atoms with Gasteiger partial charge in [0, 0.05) is 0 Å². The van der Waals surface area contributed by atoms with Gasteiger partial charge in [-0.3, -0.25) is 0 Å². The van der Waals surface area contributed by atoms with Crippen molar-refractivity contribution in [2.24, 2.45) is 0 Å². The number of benzene rings is 2. The van der Waals surface area contributed by atoms with Crippen LogP contribution >= 0.6 is 0 Å². The van der Waals surface area contributed by atoms with Gasteiger partial charge in [0.05, 0.1) is 7.11 Å². The monoisotopic (exact) mass is 298 g/mol. The second kappa shape index (κ2) is 7.64. The van der Waals surface area contributed by atoms with Gasteiger partial charge in [-0.2, -0.15) is 0 Å². The number of rotatable bonds is 7. The largest absolute Gasteiger partial charge is 0.496 e. The molecule has 0 saturated heterocycles. The highest BCUT2D eigenvalue weighted by atomic mass is 16.5. The van der Waals surface area contributed by atoms with Gasteiger partial charge >= 0.3 is 5.97 Å². The van der Waals surface area contributed by atoms with Crippen molar-refractivity contribution in [1.29, 1.82) is 0 Å². The van der Waals surface area contributed by atoms with E-state index in [1.165, 1.54) is 18.2 Å². The number of ether oxygens (including phenoxy) is 1. The van der Waals surface area contributed by atoms with E-state index in [1.54, 1.807) is 12.1 Å². The number of carboxylic acids is 1. The van der Waals surface area contributed by atoms with Gasteiger partial charge in [0.15, 0.2) is 0 Å². The summed E-state index contributed by atoms with van der Waals surface area (Å²) in [5, 5.41) is 9.24. The molecule has 0 aliphatic carbocycles. The normalized spacial score (nSPS) is 10.5. The number of hydrogen-bond donors (Lipinski definition) is 1. The van der Waals surface area contributed by atoms with E-state index in [2.05, 4.69) is 31.2 Å². The molecule has 2 aromatic rings. The lowest BCUT2D eigenvalue weighted by molar-refractivity contribution is 0.0693. The molecule has 3 nitrogen and oxygen atoms in total. The zero-order valence-corrected chi connectivity index (χ0v) is 13.1. The minimum Gasteiger partial charge on any atom is -0.496 e. The lowest BCUT2D eigenvalue weighted by atomic mass is 9.96. The van der Waals surface area contributed by atoms with Crippen molar-refractivity contribution in [2.45, 2.75) is 32.6 Å². The molecule has 22 heavy (non-hydrogen) atoms. The highest BCUT2D eigenvalue weighted by molar-refractivity contribution is 5.91. The quantitative estimate of drug-likeness (QED) is 0.836. The fraction of sp³-hybridized carbons (Fsp3) is 0.316. The van der Waals surface area contributed by atoms with Crippen LogP contribution in [0.1, 0.15) is 40.4 Å². The molecule has 0 unspecified atom stereocenters. The molecular formula is C19H22O3. The van der Waals surface area contributed by atoms with Crippen molar-refractivity contribution in [3.05, 3.63) is 64.7 Å². The molecule has 0 bridgehead atoms. The van der Waals surface area contributed by atoms with Crippen LogP contribution in [-0.2, 0) is 19.3 Å². The molecule has 0 fully saturated rings. The molecule has 0 radical (unpaired) electrons. The van der Waals surface area contributed by atoms with Gasteiger partial charge < -0.3 is 9.84 Å². The van der Waals surface area contributed by atoms with Crippen molar-refractivity contribution in [3.63, 3.8) is 0 Å². The molecule has 0 aliphatic heterocycles. The third-order valence-electron chi connectivity index (χ3n) is 3.83. The van der Waals surface area contributed by atoms with Crippen LogP contribution in [0, 0.1) is 0 Å². The Balaban J connectivity index is 2.22. The van der Waals surface area contributed by atoms with Gasteiger partial charge in [-0.05, 0) is 42.0 Å². The van der Waals surface area contributed by atoms with Crippen LogP contribution in [-0.4, -0.2) is 18.2 Å². The Bertz CT molecular complexity index is 647. The van der Waals surface area contributed by atoms with Crippen LogP contribution in [0.4, 0.5) is 0 Å². The van der Waals surface area contributed by atoms with Gasteiger partial charge in [-0.15, -0.1) is 0 Å². The summed E-state index contributed by atoms with van der Waals surface area (Å²) in [5.41, 5.74) is 3.86. The highest BCUT2D eigenvalue weighted by Gasteiger charge is 2.14. The van der Waals surface area contributed by atoms with E-state index in [0.29, 0.717) is 5.75 Å². The molecular weight excluding hydrogens is 276 g/mol. The van der Waals surface area contributed by atoms with Crippen molar-refractivity contribution in [2.75, 3.05) is 7.11 Å². The fourth-order valence-electron chi connectivity index (χ4n) is 2.78. The van der Waals surface area contributed by atoms with Gasteiger partial charge in [0.1, 0.15) is 11.3 Å². The molecule has 1 N–H and O–H groups in total. The molecule has 0 aromatic heterocycles. The first-order valence-corrected chi connectivity index (χ1v) is 7.63. The average Bonchev–Trinajstić information content (AvgIpc) is 2.53. The topological polar surface area (TPSA) is 46.5 Å². The van der Waals surface area contributed by atoms with Crippen LogP contribution in [0.2, 0.25) is 0 Å². The van der Waals surface area contributed by atoms with E-state index < -0.39 is 5.97 Å². The third kappa shape index (κ3) is 3.67. The predicted octanol–water partition coefficient (Wildman–Crippen LogP) is 4.13. The minimum atomic E-state index is -0.954. The highest BCUT2D eigenvalue weighted by Crippen LogP contribution is 2.26. The Morgan fingerprint density at radius 2 is 1.55 bits per heavy atom. The summed E-state index contributed by atoms with van der Waals surface area (Å²) in [7, 11) is 1.52. The first-order chi connectivity index (χ1) is 10.7. The van der Waals surface area contributed by atoms with E-state index in [-0.39, 0.29) is 5.56 Å². The van der Waals surface area contributed by atoms with Crippen LogP contribution in [0.5, 0.6) is 5.75 Å². The molecule has 2 rings (SSSR count). The van der Waals surface area contributed by atoms with Crippen LogP contribution in [0.3, 0.4) is 0 Å². The Morgan fingerprint density at radius 3 is 2.14 bits per heavy atom. The summed E-state index contributed by atoms with van der Waals surface area (Å²) in [6.07, 6.45) is 3.85. The Hall–Kier alpha value is -2.29. The van der Waals surface area contributed by atoms with Gasteiger partial charge in [0.2, 0.25) is 0 Å². The Labute approximate surface area is 131 Å². The van der Waals surface area contributed by atoms with Crippen LogP contribution in [0.25, 0.3) is 0 Å². The molecule has 0 atom stereocenters. The SMILES string of the molecule is CCCc1ccccc1CCc1cccc(C(=O)O)c1OC. The molecule has 116 valence electrons. The number of aryl methyl sites for hydroxylation is 3. The number of methoxy groups -OCH3 is 1. The van der Waals surface area contributed by atoms with Gasteiger partial charge in [-0.1, -0.05) is 49.7 Å². The maximum atomic E-state index is 11.3. The maximum Gasteiger partial charge on any atom is 0.339 e. The molecule has 3 heteroatoms. The van der Waals surface area contributed by atoms with E-state index in [4.69, 9.17) is 4.74 Å². The molecule has 0 heterocycles. The number of para-hydroxylation sites is 1. The molecule has 0 amide bonds. The van der Waals surface area contributed by atoms with Crippen LogP contribution < -0.4 is 4.74 Å². The zero-order chi connectivity index (χ0) is 15.9. The average molecular weight is 298 g/mol. The Morgan fingerprint density at radius 1 is 0.955 bits per heavy atom. The van der Waals surface area contributed by atoms with E-state index in [9.17, 15) is 9.90 Å². The van der Waals surface area contributed by atoms with Crippen LogP contribution in [0.15, 0.2) is 42.5 Å².